The quantitative estimate of drug-likeness (QED) is 0.853. The molecule has 19 heavy (non-hydrogen) atoms. The molecule has 0 saturated heterocycles. The molecule has 2 N–H and O–H groups in total. The van der Waals surface area contributed by atoms with E-state index in [9.17, 15) is 9.59 Å². The van der Waals surface area contributed by atoms with Crippen LogP contribution >= 0.6 is 11.3 Å². The zero-order valence-corrected chi connectivity index (χ0v) is 11.8. The molecule has 1 heterocycles. The van der Waals surface area contributed by atoms with E-state index in [0.29, 0.717) is 5.01 Å². The molecule has 0 aliphatic heterocycles. The number of hydrogen-bond donors (Lipinski definition) is 1. The van der Waals surface area contributed by atoms with Crippen molar-refractivity contribution in [1.29, 1.82) is 0 Å². The predicted octanol–water partition coefficient (Wildman–Crippen LogP) is 2.79. The van der Waals surface area contributed by atoms with Crippen molar-refractivity contribution in [3.63, 3.8) is 0 Å². The zero-order chi connectivity index (χ0) is 14.0. The van der Waals surface area contributed by atoms with Crippen LogP contribution in [0.3, 0.4) is 0 Å². The zero-order valence-electron chi connectivity index (χ0n) is 11.0. The Morgan fingerprint density at radius 2 is 2.26 bits per heavy atom. The highest BCUT2D eigenvalue weighted by Crippen LogP contribution is 2.31. The summed E-state index contributed by atoms with van der Waals surface area (Å²) >= 11 is 1.29. The number of rotatable bonds is 5. The molecule has 0 aliphatic carbocycles. The van der Waals surface area contributed by atoms with Crippen molar-refractivity contribution in [3.05, 3.63) is 28.3 Å². The molecule has 0 radical (unpaired) electrons. The van der Waals surface area contributed by atoms with E-state index in [1.54, 1.807) is 0 Å². The fraction of sp³-hybridized carbons (Fsp3) is 0.357. The summed E-state index contributed by atoms with van der Waals surface area (Å²) in [6.07, 6.45) is 2.76. The van der Waals surface area contributed by atoms with Crippen molar-refractivity contribution in [3.8, 4) is 0 Å². The summed E-state index contributed by atoms with van der Waals surface area (Å²) < 4.78 is 0.927. The van der Waals surface area contributed by atoms with Gasteiger partial charge >= 0.3 is 0 Å². The molecule has 2 rings (SSSR count). The fourth-order valence-electron chi connectivity index (χ4n) is 2.26. The number of nitrogens with two attached hydrogens (primary N) is 1. The van der Waals surface area contributed by atoms with E-state index in [1.807, 2.05) is 19.1 Å². The number of benzene rings is 1. The van der Waals surface area contributed by atoms with Crippen molar-refractivity contribution in [2.45, 2.75) is 32.6 Å². The van der Waals surface area contributed by atoms with Crippen LogP contribution < -0.4 is 5.73 Å². The Labute approximate surface area is 115 Å². The maximum atomic E-state index is 11.2. The first-order chi connectivity index (χ1) is 9.08. The van der Waals surface area contributed by atoms with Crippen LogP contribution in [0.1, 0.15) is 46.6 Å². The lowest BCUT2D eigenvalue weighted by Crippen LogP contribution is -2.10. The number of fused-ring (bicyclic) bond motifs is 1. The minimum absolute atomic E-state index is 0.104. The number of thiazole rings is 1. The first-order valence-corrected chi connectivity index (χ1v) is 7.05. The third kappa shape index (κ3) is 2.51. The summed E-state index contributed by atoms with van der Waals surface area (Å²) in [6.45, 7) is 3.99. The third-order valence-corrected chi connectivity index (χ3v) is 4.27. The van der Waals surface area contributed by atoms with Crippen LogP contribution in [0.5, 0.6) is 0 Å². The van der Waals surface area contributed by atoms with Gasteiger partial charge in [-0.3, -0.25) is 4.79 Å². The van der Waals surface area contributed by atoms with Gasteiger partial charge in [0.15, 0.2) is 5.01 Å². The first kappa shape index (κ1) is 13.7. The molecule has 0 spiro atoms. The second kappa shape index (κ2) is 5.48. The number of carbonyl (C=O) groups is 2. The standard InChI is InChI=1S/C14H16N2O2S/c1-3-4-9(7-17)10-5-6-11-12(8(10)2)16-14(19-11)13(15)18/h5-7,9H,3-4H2,1-2H3,(H2,15,18). The summed E-state index contributed by atoms with van der Waals surface area (Å²) in [7, 11) is 0. The van der Waals surface area contributed by atoms with Gasteiger partial charge in [-0.2, -0.15) is 0 Å². The summed E-state index contributed by atoms with van der Waals surface area (Å²) in [6, 6.07) is 3.86. The van der Waals surface area contributed by atoms with Gasteiger partial charge in [-0.1, -0.05) is 19.4 Å². The molecule has 4 nitrogen and oxygen atoms in total. The predicted molar refractivity (Wildman–Crippen MR) is 76.6 cm³/mol. The third-order valence-electron chi connectivity index (χ3n) is 3.23. The van der Waals surface area contributed by atoms with Crippen molar-refractivity contribution in [2.24, 2.45) is 5.73 Å². The summed E-state index contributed by atoms with van der Waals surface area (Å²) in [5, 5.41) is 0.313. The van der Waals surface area contributed by atoms with Gasteiger partial charge in [0.2, 0.25) is 0 Å². The number of amides is 1. The minimum Gasteiger partial charge on any atom is -0.364 e. The van der Waals surface area contributed by atoms with Gasteiger partial charge < -0.3 is 10.5 Å². The monoisotopic (exact) mass is 276 g/mol. The Bertz CT molecular complexity index is 634. The van der Waals surface area contributed by atoms with Crippen LogP contribution in [0.4, 0.5) is 0 Å². The molecular formula is C14H16N2O2S. The Morgan fingerprint density at radius 1 is 1.53 bits per heavy atom. The lowest BCUT2D eigenvalue weighted by atomic mass is 9.92. The summed E-state index contributed by atoms with van der Waals surface area (Å²) in [5.74, 6) is -0.615. The molecule has 0 bridgehead atoms. The minimum atomic E-state index is -0.511. The SMILES string of the molecule is CCCC(C=O)c1ccc2sc(C(N)=O)nc2c1C. The average molecular weight is 276 g/mol. The Balaban J connectivity index is 2.56. The number of primary amides is 1. The van der Waals surface area contributed by atoms with E-state index in [0.717, 1.165) is 40.5 Å². The maximum absolute atomic E-state index is 11.2. The second-order valence-electron chi connectivity index (χ2n) is 4.54. The Morgan fingerprint density at radius 3 is 2.84 bits per heavy atom. The Hall–Kier alpha value is -1.75. The molecule has 1 atom stereocenters. The summed E-state index contributed by atoms with van der Waals surface area (Å²) in [4.78, 5) is 26.7. The van der Waals surface area contributed by atoms with Crippen molar-refractivity contribution < 1.29 is 9.59 Å². The fourth-order valence-corrected chi connectivity index (χ4v) is 3.13. The molecule has 1 amide bonds. The number of aldehydes is 1. The summed E-state index contributed by atoms with van der Waals surface area (Å²) in [5.41, 5.74) is 7.99. The average Bonchev–Trinajstić information content (AvgIpc) is 2.82. The van der Waals surface area contributed by atoms with Crippen molar-refractivity contribution in [2.75, 3.05) is 0 Å². The van der Waals surface area contributed by atoms with Crippen LogP contribution in [0.2, 0.25) is 0 Å². The van der Waals surface area contributed by atoms with Crippen LogP contribution in [-0.4, -0.2) is 17.2 Å². The van der Waals surface area contributed by atoms with E-state index in [1.165, 1.54) is 11.3 Å². The molecular weight excluding hydrogens is 260 g/mol. The molecule has 2 aromatic rings. The number of aryl methyl sites for hydroxylation is 1. The van der Waals surface area contributed by atoms with Gasteiger partial charge in [0, 0.05) is 5.92 Å². The van der Waals surface area contributed by atoms with Crippen LogP contribution in [0, 0.1) is 6.92 Å². The largest absolute Gasteiger partial charge is 0.364 e. The van der Waals surface area contributed by atoms with E-state index in [2.05, 4.69) is 11.9 Å². The molecule has 0 aliphatic rings. The second-order valence-corrected chi connectivity index (χ2v) is 5.57. The number of aromatic nitrogens is 1. The lowest BCUT2D eigenvalue weighted by molar-refractivity contribution is -0.109. The maximum Gasteiger partial charge on any atom is 0.277 e. The van der Waals surface area contributed by atoms with Gasteiger partial charge in [0.05, 0.1) is 10.2 Å². The molecule has 0 saturated carbocycles. The number of nitrogens with zero attached hydrogens (tertiary/aromatic N) is 1. The smallest absolute Gasteiger partial charge is 0.277 e. The van der Waals surface area contributed by atoms with E-state index < -0.39 is 5.91 Å². The van der Waals surface area contributed by atoms with E-state index in [-0.39, 0.29) is 5.92 Å². The normalized spacial score (nSPS) is 12.5. The molecule has 0 fully saturated rings. The highest BCUT2D eigenvalue weighted by Gasteiger charge is 2.17. The first-order valence-electron chi connectivity index (χ1n) is 6.23. The lowest BCUT2D eigenvalue weighted by Gasteiger charge is -2.12. The van der Waals surface area contributed by atoms with Crippen molar-refractivity contribution >= 4 is 33.7 Å². The molecule has 1 unspecified atom stereocenters. The number of carbonyl (C=O) groups excluding carboxylic acids is 2. The van der Waals surface area contributed by atoms with E-state index >= 15 is 0 Å². The van der Waals surface area contributed by atoms with Gasteiger partial charge in [-0.15, -0.1) is 11.3 Å². The highest BCUT2D eigenvalue weighted by molar-refractivity contribution is 7.20. The molecule has 100 valence electrons. The van der Waals surface area contributed by atoms with Gasteiger partial charge in [0.1, 0.15) is 6.29 Å². The highest BCUT2D eigenvalue weighted by atomic mass is 32.1. The molecule has 1 aromatic heterocycles. The topological polar surface area (TPSA) is 73.1 Å². The van der Waals surface area contributed by atoms with Crippen LogP contribution in [0.15, 0.2) is 12.1 Å². The van der Waals surface area contributed by atoms with Crippen LogP contribution in [0.25, 0.3) is 10.2 Å². The van der Waals surface area contributed by atoms with Gasteiger partial charge in [0.25, 0.3) is 5.91 Å². The van der Waals surface area contributed by atoms with E-state index in [4.69, 9.17) is 5.73 Å². The van der Waals surface area contributed by atoms with Crippen LogP contribution in [-0.2, 0) is 4.79 Å². The van der Waals surface area contributed by atoms with Gasteiger partial charge in [-0.05, 0) is 30.5 Å². The Kier molecular flexibility index (Phi) is 3.95. The van der Waals surface area contributed by atoms with Crippen molar-refractivity contribution in [1.82, 2.24) is 4.98 Å². The molecule has 1 aromatic carbocycles. The van der Waals surface area contributed by atoms with Gasteiger partial charge in [-0.25, -0.2) is 4.98 Å². The number of hydrogen-bond acceptors (Lipinski definition) is 4. The molecule has 5 heteroatoms.